The zero-order valence-corrected chi connectivity index (χ0v) is 30.9. The maximum atomic E-state index is 2.52. The van der Waals surface area contributed by atoms with E-state index in [1.54, 1.807) is 16.3 Å². The first-order chi connectivity index (χ1) is 18.5. The van der Waals surface area contributed by atoms with Crippen molar-refractivity contribution >= 4 is 24.0 Å². The molecule has 1 aromatic heterocycles. The average Bonchev–Trinajstić information content (AvgIpc) is 3.57. The van der Waals surface area contributed by atoms with Gasteiger partial charge in [0.1, 0.15) is 0 Å². The Bertz CT molecular complexity index is 1730. The Morgan fingerprint density at radius 2 is 1.43 bits per heavy atom. The zero-order chi connectivity index (χ0) is 27.7. The summed E-state index contributed by atoms with van der Waals surface area (Å²) in [5.41, 5.74) is 13.8. The van der Waals surface area contributed by atoms with Crippen LogP contribution in [0.4, 0.5) is 0 Å². The molecule has 8 rings (SSSR count). The third-order valence-electron chi connectivity index (χ3n) is 8.93. The summed E-state index contributed by atoms with van der Waals surface area (Å²) in [7, 11) is -1.19. The molecular formula is C37H40Cl2NSiZr. The van der Waals surface area contributed by atoms with Crippen LogP contribution in [0.5, 0.6) is 0 Å². The Hall–Kier alpha value is -2.03. The summed E-state index contributed by atoms with van der Waals surface area (Å²) in [4.78, 5) is 0. The minimum atomic E-state index is -1.19. The first-order valence-corrected chi connectivity index (χ1v) is 17.3. The van der Waals surface area contributed by atoms with Crippen molar-refractivity contribution in [3.63, 3.8) is 0 Å². The Morgan fingerprint density at radius 1 is 0.786 bits per heavy atom. The number of rotatable bonds is 2. The van der Waals surface area contributed by atoms with Gasteiger partial charge in [-0.15, -0.1) is 34.5 Å². The standard InChI is InChI=1S/C20H21.C17H19NSi.2ClH.Zr/c1-14-12-16-6-5-7-18(19(16)13-14)15-8-10-17(11-9-15)20(2,3)4;1-11-10-14-15(17-12(2)16(14)19(17,3)4)18(11)13-8-6-5-7-9-13;;;/h5-13H,1-4H3;5-10,16H,1-4H3;2*1H;/q-1;;;;+3/p-2. The molecule has 0 amide bonds. The van der Waals surface area contributed by atoms with Gasteiger partial charge in [0, 0.05) is 22.6 Å². The van der Waals surface area contributed by atoms with Crippen molar-refractivity contribution in [2.45, 2.75) is 65.6 Å². The second kappa shape index (κ2) is 12.5. The summed E-state index contributed by atoms with van der Waals surface area (Å²) >= 11 is 0. The molecule has 2 bridgehead atoms. The molecule has 0 saturated heterocycles. The van der Waals surface area contributed by atoms with Crippen LogP contribution in [0.1, 0.15) is 61.3 Å². The molecule has 1 aliphatic carbocycles. The van der Waals surface area contributed by atoms with E-state index in [2.05, 4.69) is 150 Å². The minimum absolute atomic E-state index is 0. The molecule has 1 atom stereocenters. The van der Waals surface area contributed by atoms with Crippen LogP contribution in [0.3, 0.4) is 0 Å². The molecule has 0 fully saturated rings. The van der Waals surface area contributed by atoms with E-state index in [1.807, 2.05) is 0 Å². The van der Waals surface area contributed by atoms with Gasteiger partial charge in [-0.25, -0.2) is 0 Å². The van der Waals surface area contributed by atoms with E-state index < -0.39 is 8.07 Å². The summed E-state index contributed by atoms with van der Waals surface area (Å²) in [6.45, 7) is 18.5. The van der Waals surface area contributed by atoms with Crippen LogP contribution in [0.25, 0.3) is 32.8 Å². The fraction of sp³-hybridized carbons (Fsp3) is 0.270. The van der Waals surface area contributed by atoms with E-state index >= 15 is 0 Å². The number of halogens is 2. The molecule has 1 unspecified atom stereocenters. The second-order valence-corrected chi connectivity index (χ2v) is 17.7. The van der Waals surface area contributed by atoms with Gasteiger partial charge in [0.05, 0.1) is 8.07 Å². The van der Waals surface area contributed by atoms with Gasteiger partial charge in [0.2, 0.25) is 0 Å². The van der Waals surface area contributed by atoms with Gasteiger partial charge in [0.25, 0.3) is 0 Å². The van der Waals surface area contributed by atoms with Gasteiger partial charge in [-0.05, 0) is 59.3 Å². The summed E-state index contributed by atoms with van der Waals surface area (Å²) < 4.78 is 2.47. The number of hydrogen-bond acceptors (Lipinski definition) is 0. The van der Waals surface area contributed by atoms with Crippen LogP contribution in [0.2, 0.25) is 13.1 Å². The first kappa shape index (κ1) is 34.5. The Kier molecular flexibility index (Phi) is 10.3. The number of nitrogens with zero attached hydrogens (tertiary/aromatic N) is 1. The fourth-order valence-corrected chi connectivity index (χ4v) is 11.5. The molecule has 3 aliphatic rings. The molecule has 5 heteroatoms. The van der Waals surface area contributed by atoms with Crippen LogP contribution in [-0.4, -0.2) is 12.6 Å². The number of fused-ring (bicyclic) bond motifs is 1. The van der Waals surface area contributed by atoms with E-state index in [-0.39, 0.29) is 56.4 Å². The quantitative estimate of drug-likeness (QED) is 0.193. The molecule has 3 heterocycles. The van der Waals surface area contributed by atoms with Gasteiger partial charge >= 0.3 is 26.2 Å². The molecule has 2 aliphatic heterocycles. The van der Waals surface area contributed by atoms with Crippen LogP contribution >= 0.6 is 0 Å². The van der Waals surface area contributed by atoms with Crippen molar-refractivity contribution < 1.29 is 51.0 Å². The minimum Gasteiger partial charge on any atom is -1.00 e. The molecule has 0 N–H and O–H groups in total. The SMILES string of the molecule is CC1=C2c3c(cc(C)n3-c3ccccc3)C1[Si]2(C)C.Cc1cc2c(-c3ccc(C(C)(C)C)cc3)cccc2[cH-]1.[Cl-].[Cl-].[Zr+3]. The molecule has 0 spiro atoms. The van der Waals surface area contributed by atoms with E-state index in [0.717, 1.165) is 5.54 Å². The molecule has 42 heavy (non-hydrogen) atoms. The van der Waals surface area contributed by atoms with Crippen molar-refractivity contribution in [3.8, 4) is 16.8 Å². The molecule has 1 nitrogen and oxygen atoms in total. The Balaban J connectivity index is 0.000000215. The molecular weight excluding hydrogens is 649 g/mol. The van der Waals surface area contributed by atoms with Crippen LogP contribution in [0, 0.1) is 13.8 Å². The Morgan fingerprint density at radius 3 is 2.02 bits per heavy atom. The number of hydrogen-bond donors (Lipinski definition) is 0. The summed E-state index contributed by atoms with van der Waals surface area (Å²) in [6, 6.07) is 33.3. The average molecular weight is 689 g/mol. The number of allylic oxidation sites excluding steroid dienone is 1. The molecule has 215 valence electrons. The topological polar surface area (TPSA) is 4.93 Å². The van der Waals surface area contributed by atoms with Crippen molar-refractivity contribution in [3.05, 3.63) is 125 Å². The van der Waals surface area contributed by atoms with Crippen LogP contribution in [0.15, 0.2) is 96.6 Å². The van der Waals surface area contributed by atoms with Crippen molar-refractivity contribution in [2.24, 2.45) is 0 Å². The van der Waals surface area contributed by atoms with Crippen LogP contribution < -0.4 is 24.8 Å². The predicted octanol–water partition coefficient (Wildman–Crippen LogP) is 4.29. The van der Waals surface area contributed by atoms with Gasteiger partial charge < -0.3 is 29.4 Å². The maximum absolute atomic E-state index is 2.52. The van der Waals surface area contributed by atoms with Crippen molar-refractivity contribution in [2.75, 3.05) is 0 Å². The largest absolute Gasteiger partial charge is 3.00 e. The van der Waals surface area contributed by atoms with Crippen molar-refractivity contribution in [1.82, 2.24) is 4.57 Å². The van der Waals surface area contributed by atoms with Gasteiger partial charge in [-0.2, -0.15) is 6.07 Å². The van der Waals surface area contributed by atoms with Gasteiger partial charge in [0.15, 0.2) is 0 Å². The molecule has 5 aromatic rings. The predicted molar refractivity (Wildman–Crippen MR) is 172 cm³/mol. The van der Waals surface area contributed by atoms with E-state index in [0.29, 0.717) is 0 Å². The molecule has 1 radical (unpaired) electrons. The maximum Gasteiger partial charge on any atom is 3.00 e. The van der Waals surface area contributed by atoms with Crippen molar-refractivity contribution in [1.29, 1.82) is 0 Å². The number of benzene rings is 3. The Labute approximate surface area is 284 Å². The van der Waals surface area contributed by atoms with E-state index in [1.165, 1.54) is 50.1 Å². The third-order valence-corrected chi connectivity index (χ3v) is 13.0. The molecule has 0 saturated carbocycles. The monoisotopic (exact) mass is 686 g/mol. The van der Waals surface area contributed by atoms with Gasteiger partial charge in [-0.3, -0.25) is 0 Å². The smallest absolute Gasteiger partial charge is 1.00 e. The summed E-state index contributed by atoms with van der Waals surface area (Å²) in [5.74, 6) is 0. The van der Waals surface area contributed by atoms with Gasteiger partial charge in [-0.1, -0.05) is 100 Å². The van der Waals surface area contributed by atoms with Crippen LogP contribution in [-0.2, 0) is 31.6 Å². The number of aryl methyl sites for hydroxylation is 2. The zero-order valence-electron chi connectivity index (χ0n) is 25.9. The normalized spacial score (nSPS) is 15.9. The first-order valence-electron chi connectivity index (χ1n) is 14.2. The number of aromatic nitrogens is 1. The van der Waals surface area contributed by atoms with E-state index in [4.69, 9.17) is 0 Å². The summed E-state index contributed by atoms with van der Waals surface area (Å²) in [6.07, 6.45) is 0. The summed E-state index contributed by atoms with van der Waals surface area (Å²) in [5, 5.41) is 4.40. The fourth-order valence-electron chi connectivity index (χ4n) is 7.21. The second-order valence-electron chi connectivity index (χ2n) is 13.1. The van der Waals surface area contributed by atoms with E-state index in [9.17, 15) is 0 Å². The number of para-hydroxylation sites is 1. The third kappa shape index (κ3) is 5.63. The molecule has 4 aromatic carbocycles.